The van der Waals surface area contributed by atoms with Crippen molar-refractivity contribution >= 4 is 16.6 Å². The zero-order valence-corrected chi connectivity index (χ0v) is 10.2. The zero-order chi connectivity index (χ0) is 14.3. The van der Waals surface area contributed by atoms with Crippen LogP contribution in [0.4, 0.5) is 18.9 Å². The number of hydrogen-bond acceptors (Lipinski definition) is 2. The minimum absolute atomic E-state index is 0.162. The van der Waals surface area contributed by atoms with Crippen molar-refractivity contribution in [2.75, 3.05) is 5.73 Å². The van der Waals surface area contributed by atoms with Crippen LogP contribution in [0.1, 0.15) is 0 Å². The summed E-state index contributed by atoms with van der Waals surface area (Å²) in [5, 5.41) is 0.673. The molecular weight excluding hydrogens is 265 g/mol. The van der Waals surface area contributed by atoms with Crippen LogP contribution in [-0.4, -0.2) is 4.98 Å². The molecule has 0 bridgehead atoms. The van der Waals surface area contributed by atoms with Crippen molar-refractivity contribution in [3.63, 3.8) is 0 Å². The van der Waals surface area contributed by atoms with Gasteiger partial charge in [-0.05, 0) is 12.1 Å². The molecule has 0 saturated carbocycles. The summed E-state index contributed by atoms with van der Waals surface area (Å²) in [5.74, 6) is -3.17. The van der Waals surface area contributed by atoms with E-state index in [1.165, 1.54) is 6.20 Å². The summed E-state index contributed by atoms with van der Waals surface area (Å²) >= 11 is 0. The maximum Gasteiger partial charge on any atom is 0.166 e. The van der Waals surface area contributed by atoms with Gasteiger partial charge in [0.05, 0.1) is 17.4 Å². The lowest BCUT2D eigenvalue weighted by atomic mass is 10.0. The highest BCUT2D eigenvalue weighted by Crippen LogP contribution is 2.31. The molecule has 1 aromatic heterocycles. The first-order valence-corrected chi connectivity index (χ1v) is 5.85. The van der Waals surface area contributed by atoms with Gasteiger partial charge >= 0.3 is 0 Å². The predicted octanol–water partition coefficient (Wildman–Crippen LogP) is 3.90. The van der Waals surface area contributed by atoms with Crippen molar-refractivity contribution in [1.29, 1.82) is 0 Å². The lowest BCUT2D eigenvalue weighted by molar-refractivity contribution is 0.497. The minimum Gasteiger partial charge on any atom is -0.397 e. The molecule has 0 unspecified atom stereocenters. The van der Waals surface area contributed by atoms with Crippen LogP contribution in [0.5, 0.6) is 0 Å². The van der Waals surface area contributed by atoms with Crippen LogP contribution in [0.3, 0.4) is 0 Å². The number of fused-ring (bicyclic) bond motifs is 1. The predicted molar refractivity (Wildman–Crippen MR) is 71.5 cm³/mol. The van der Waals surface area contributed by atoms with Gasteiger partial charge in [0.15, 0.2) is 11.6 Å². The monoisotopic (exact) mass is 274 g/mol. The van der Waals surface area contributed by atoms with Crippen molar-refractivity contribution in [1.82, 2.24) is 4.98 Å². The molecule has 0 aliphatic carbocycles. The SMILES string of the molecule is Nc1cnc2c(-c3cc(F)cc(F)c3F)cccc2c1. The second-order valence-electron chi connectivity index (χ2n) is 4.40. The number of halogens is 3. The van der Waals surface area contributed by atoms with Gasteiger partial charge in [-0.25, -0.2) is 13.2 Å². The molecule has 0 aliphatic heterocycles. The summed E-state index contributed by atoms with van der Waals surface area (Å²) < 4.78 is 40.5. The third-order valence-corrected chi connectivity index (χ3v) is 3.02. The lowest BCUT2D eigenvalue weighted by Crippen LogP contribution is -1.95. The molecule has 2 nitrogen and oxygen atoms in total. The summed E-state index contributed by atoms with van der Waals surface area (Å²) in [5.41, 5.74) is 6.69. The molecule has 0 fully saturated rings. The number of para-hydroxylation sites is 1. The Morgan fingerprint density at radius 1 is 0.950 bits per heavy atom. The Morgan fingerprint density at radius 3 is 2.55 bits per heavy atom. The number of nitrogens with zero attached hydrogens (tertiary/aromatic N) is 1. The molecule has 0 radical (unpaired) electrons. The van der Waals surface area contributed by atoms with Crippen LogP contribution in [0.15, 0.2) is 42.6 Å². The van der Waals surface area contributed by atoms with Crippen LogP contribution in [-0.2, 0) is 0 Å². The number of anilines is 1. The van der Waals surface area contributed by atoms with Crippen LogP contribution >= 0.6 is 0 Å². The summed E-state index contributed by atoms with van der Waals surface area (Å²) in [6, 6.07) is 8.08. The molecule has 0 spiro atoms. The van der Waals surface area contributed by atoms with Gasteiger partial charge in [0.25, 0.3) is 0 Å². The molecule has 3 rings (SSSR count). The van der Waals surface area contributed by atoms with Crippen molar-refractivity contribution in [2.45, 2.75) is 0 Å². The van der Waals surface area contributed by atoms with Crippen molar-refractivity contribution in [3.05, 3.63) is 60.0 Å². The zero-order valence-electron chi connectivity index (χ0n) is 10.2. The van der Waals surface area contributed by atoms with Gasteiger partial charge in [0.2, 0.25) is 0 Å². The van der Waals surface area contributed by atoms with Gasteiger partial charge in [0, 0.05) is 22.6 Å². The van der Waals surface area contributed by atoms with E-state index in [0.717, 1.165) is 6.07 Å². The topological polar surface area (TPSA) is 38.9 Å². The number of benzene rings is 2. The van der Waals surface area contributed by atoms with Crippen LogP contribution in [0, 0.1) is 17.5 Å². The number of nitrogen functional groups attached to an aromatic ring is 1. The number of pyridine rings is 1. The van der Waals surface area contributed by atoms with E-state index in [2.05, 4.69) is 4.98 Å². The van der Waals surface area contributed by atoms with Gasteiger partial charge in [-0.2, -0.15) is 0 Å². The molecule has 0 atom stereocenters. The first-order valence-electron chi connectivity index (χ1n) is 5.85. The fraction of sp³-hybridized carbons (Fsp3) is 0. The van der Waals surface area contributed by atoms with Crippen LogP contribution in [0.2, 0.25) is 0 Å². The van der Waals surface area contributed by atoms with E-state index in [1.54, 1.807) is 24.3 Å². The minimum atomic E-state index is -1.23. The fourth-order valence-corrected chi connectivity index (χ4v) is 2.15. The largest absolute Gasteiger partial charge is 0.397 e. The summed E-state index contributed by atoms with van der Waals surface area (Å²) in [6.07, 6.45) is 1.42. The molecule has 0 aliphatic rings. The molecule has 5 heteroatoms. The molecule has 2 N–H and O–H groups in total. The first kappa shape index (κ1) is 12.5. The Hall–Kier alpha value is -2.56. The Morgan fingerprint density at radius 2 is 1.75 bits per heavy atom. The maximum absolute atomic E-state index is 13.9. The summed E-state index contributed by atoms with van der Waals surface area (Å²) in [7, 11) is 0. The van der Waals surface area contributed by atoms with E-state index >= 15 is 0 Å². The normalized spacial score (nSPS) is 10.9. The van der Waals surface area contributed by atoms with Crippen LogP contribution < -0.4 is 5.73 Å². The fourth-order valence-electron chi connectivity index (χ4n) is 2.15. The van der Waals surface area contributed by atoms with Gasteiger partial charge < -0.3 is 5.73 Å². The van der Waals surface area contributed by atoms with E-state index in [1.807, 2.05) is 0 Å². The first-order chi connectivity index (χ1) is 9.56. The lowest BCUT2D eigenvalue weighted by Gasteiger charge is -2.08. The molecule has 1 heterocycles. The highest BCUT2D eigenvalue weighted by molar-refractivity contribution is 5.94. The summed E-state index contributed by atoms with van der Waals surface area (Å²) in [6.45, 7) is 0. The molecule has 3 aromatic rings. The highest BCUT2D eigenvalue weighted by atomic mass is 19.2. The Bertz CT molecular complexity index is 816. The van der Waals surface area contributed by atoms with Crippen molar-refractivity contribution < 1.29 is 13.2 Å². The van der Waals surface area contributed by atoms with E-state index in [-0.39, 0.29) is 5.56 Å². The molecule has 0 saturated heterocycles. The van der Waals surface area contributed by atoms with Crippen molar-refractivity contribution in [2.24, 2.45) is 0 Å². The number of rotatable bonds is 1. The van der Waals surface area contributed by atoms with E-state index in [9.17, 15) is 13.2 Å². The number of aromatic nitrogens is 1. The maximum atomic E-state index is 13.9. The Balaban J connectivity index is 2.35. The van der Waals surface area contributed by atoms with Crippen molar-refractivity contribution in [3.8, 4) is 11.1 Å². The Labute approximate surface area is 112 Å². The molecule has 100 valence electrons. The average Bonchev–Trinajstić information content (AvgIpc) is 2.42. The second-order valence-corrected chi connectivity index (χ2v) is 4.40. The third kappa shape index (κ3) is 1.97. The Kier molecular flexibility index (Phi) is 2.82. The number of nitrogens with two attached hydrogens (primary N) is 1. The third-order valence-electron chi connectivity index (χ3n) is 3.02. The van der Waals surface area contributed by atoms with Gasteiger partial charge in [0.1, 0.15) is 5.82 Å². The molecule has 20 heavy (non-hydrogen) atoms. The molecule has 2 aromatic carbocycles. The van der Waals surface area contributed by atoms with Gasteiger partial charge in [-0.3, -0.25) is 4.98 Å². The highest BCUT2D eigenvalue weighted by Gasteiger charge is 2.15. The van der Waals surface area contributed by atoms with Gasteiger partial charge in [-0.1, -0.05) is 18.2 Å². The standard InChI is InChI=1S/C15H9F3N2/c16-9-5-12(14(18)13(17)6-9)11-3-1-2-8-4-10(19)7-20-15(8)11/h1-7H,19H2. The number of hydrogen-bond donors (Lipinski definition) is 1. The van der Waals surface area contributed by atoms with Gasteiger partial charge in [-0.15, -0.1) is 0 Å². The molecule has 0 amide bonds. The average molecular weight is 274 g/mol. The van der Waals surface area contributed by atoms with Crippen LogP contribution in [0.25, 0.3) is 22.0 Å². The van der Waals surface area contributed by atoms with E-state index in [0.29, 0.717) is 28.2 Å². The molecular formula is C15H9F3N2. The van der Waals surface area contributed by atoms with E-state index < -0.39 is 17.5 Å². The smallest absolute Gasteiger partial charge is 0.166 e. The van der Waals surface area contributed by atoms with E-state index in [4.69, 9.17) is 5.73 Å². The quantitative estimate of drug-likeness (QED) is 0.683. The second kappa shape index (κ2) is 4.52. The summed E-state index contributed by atoms with van der Waals surface area (Å²) in [4.78, 5) is 4.12.